The molecule has 6 heteroatoms. The first-order valence-corrected chi connectivity index (χ1v) is 8.55. The maximum Gasteiger partial charge on any atom is 0.269 e. The Hall–Kier alpha value is -3.41. The molecule has 0 unspecified atom stereocenters. The van der Waals surface area contributed by atoms with Gasteiger partial charge in [-0.15, -0.1) is 0 Å². The van der Waals surface area contributed by atoms with Crippen molar-refractivity contribution in [1.82, 2.24) is 24.8 Å². The molecule has 0 fully saturated rings. The molecule has 0 aliphatic rings. The lowest BCUT2D eigenvalue weighted by atomic mass is 10.1. The van der Waals surface area contributed by atoms with E-state index in [1.807, 2.05) is 24.4 Å². The maximum absolute atomic E-state index is 12.1. The molecule has 0 aliphatic heterocycles. The highest BCUT2D eigenvalue weighted by Crippen LogP contribution is 2.22. The molecule has 0 saturated carbocycles. The average molecular weight is 345 g/mol. The third-order valence-electron chi connectivity index (χ3n) is 4.32. The molecule has 0 saturated heterocycles. The van der Waals surface area contributed by atoms with Crippen molar-refractivity contribution in [2.45, 2.75) is 13.0 Å². The molecule has 130 valence electrons. The molecular weight excluding hydrogens is 326 g/mol. The highest BCUT2D eigenvalue weighted by atomic mass is 16.1. The van der Waals surface area contributed by atoms with Crippen molar-refractivity contribution >= 4 is 16.8 Å². The van der Waals surface area contributed by atoms with Crippen LogP contribution < -0.4 is 5.32 Å². The Morgan fingerprint density at radius 2 is 1.96 bits per heavy atom. The van der Waals surface area contributed by atoms with Gasteiger partial charge in [0.1, 0.15) is 11.5 Å². The number of carbonyl (C=O) groups is 1. The molecule has 0 bridgehead atoms. The summed E-state index contributed by atoms with van der Waals surface area (Å²) in [7, 11) is 0. The van der Waals surface area contributed by atoms with Crippen LogP contribution in [0.15, 0.2) is 67.3 Å². The quantitative estimate of drug-likeness (QED) is 0.564. The van der Waals surface area contributed by atoms with Crippen LogP contribution in [-0.4, -0.2) is 32.0 Å². The Morgan fingerprint density at radius 3 is 2.77 bits per heavy atom. The molecule has 3 heterocycles. The molecule has 4 aromatic rings. The first-order valence-electron chi connectivity index (χ1n) is 8.55. The van der Waals surface area contributed by atoms with Gasteiger partial charge in [0.15, 0.2) is 0 Å². The molecule has 0 atom stereocenters. The number of aromatic nitrogens is 4. The summed E-state index contributed by atoms with van der Waals surface area (Å²) >= 11 is 0. The zero-order valence-electron chi connectivity index (χ0n) is 14.2. The number of aromatic amines is 1. The number of hydrogen-bond donors (Lipinski definition) is 2. The molecule has 0 spiro atoms. The highest BCUT2D eigenvalue weighted by Gasteiger charge is 2.10. The van der Waals surface area contributed by atoms with Crippen LogP contribution in [0.25, 0.3) is 10.9 Å². The molecular formula is C20H19N5O. The van der Waals surface area contributed by atoms with E-state index < -0.39 is 0 Å². The van der Waals surface area contributed by atoms with Crippen molar-refractivity contribution in [3.63, 3.8) is 0 Å². The van der Waals surface area contributed by atoms with Crippen LogP contribution in [0.4, 0.5) is 0 Å². The van der Waals surface area contributed by atoms with Crippen LogP contribution in [0.1, 0.15) is 21.9 Å². The number of para-hydroxylation sites is 1. The third-order valence-corrected chi connectivity index (χ3v) is 4.32. The van der Waals surface area contributed by atoms with E-state index >= 15 is 0 Å². The Bertz CT molecular complexity index is 1010. The summed E-state index contributed by atoms with van der Waals surface area (Å²) in [6.07, 6.45) is 8.11. The van der Waals surface area contributed by atoms with Gasteiger partial charge in [-0.05, 0) is 23.8 Å². The number of nitrogens with one attached hydrogen (secondary N) is 2. The summed E-state index contributed by atoms with van der Waals surface area (Å²) in [6.45, 7) is 1.23. The number of amides is 1. The minimum atomic E-state index is -0.155. The van der Waals surface area contributed by atoms with E-state index in [0.29, 0.717) is 18.8 Å². The second kappa shape index (κ2) is 7.23. The summed E-state index contributed by atoms with van der Waals surface area (Å²) in [6, 6.07) is 13.6. The van der Waals surface area contributed by atoms with E-state index in [-0.39, 0.29) is 5.91 Å². The molecule has 3 aromatic heterocycles. The maximum atomic E-state index is 12.1. The van der Waals surface area contributed by atoms with Gasteiger partial charge >= 0.3 is 0 Å². The van der Waals surface area contributed by atoms with E-state index in [1.54, 1.807) is 24.5 Å². The van der Waals surface area contributed by atoms with Gasteiger partial charge < -0.3 is 14.9 Å². The average Bonchev–Trinajstić information content (AvgIpc) is 3.32. The molecule has 0 radical (unpaired) electrons. The number of nitrogens with zero attached hydrogens (tertiary/aromatic N) is 3. The first kappa shape index (κ1) is 16.1. The summed E-state index contributed by atoms with van der Waals surface area (Å²) in [5.41, 5.74) is 2.80. The zero-order chi connectivity index (χ0) is 17.8. The van der Waals surface area contributed by atoms with Gasteiger partial charge in [0.25, 0.3) is 5.91 Å². The molecule has 2 N–H and O–H groups in total. The van der Waals surface area contributed by atoms with Crippen molar-refractivity contribution in [2.24, 2.45) is 0 Å². The van der Waals surface area contributed by atoms with Crippen molar-refractivity contribution < 1.29 is 4.79 Å². The number of carbonyl (C=O) groups excluding carboxylic acids is 1. The molecule has 26 heavy (non-hydrogen) atoms. The lowest BCUT2D eigenvalue weighted by molar-refractivity contribution is 0.0947. The van der Waals surface area contributed by atoms with Crippen LogP contribution in [0.5, 0.6) is 0 Å². The molecule has 1 aromatic carbocycles. The van der Waals surface area contributed by atoms with Crippen LogP contribution in [-0.2, 0) is 13.0 Å². The Kier molecular flexibility index (Phi) is 4.47. The Morgan fingerprint density at radius 1 is 1.08 bits per heavy atom. The Labute approximate surface area is 150 Å². The van der Waals surface area contributed by atoms with E-state index in [2.05, 4.69) is 43.2 Å². The molecule has 0 aliphatic carbocycles. The standard InChI is InChI=1S/C20H19N5O/c26-20(17-6-3-4-8-21-17)24-11-12-25-14-15(13-19-22-9-10-23-19)16-5-1-2-7-18(16)25/h1-10,14H,11-13H2,(H,22,23)(H,24,26). The van der Waals surface area contributed by atoms with Gasteiger partial charge in [0.2, 0.25) is 0 Å². The minimum absolute atomic E-state index is 0.155. The van der Waals surface area contributed by atoms with Gasteiger partial charge in [0, 0.05) is 55.2 Å². The third kappa shape index (κ3) is 3.35. The summed E-state index contributed by atoms with van der Waals surface area (Å²) in [4.78, 5) is 23.7. The predicted molar refractivity (Wildman–Crippen MR) is 99.9 cm³/mol. The highest BCUT2D eigenvalue weighted by molar-refractivity contribution is 5.92. The number of H-pyrrole nitrogens is 1. The fraction of sp³-hybridized carbons (Fsp3) is 0.150. The second-order valence-electron chi connectivity index (χ2n) is 6.05. The van der Waals surface area contributed by atoms with Crippen LogP contribution in [0, 0.1) is 0 Å². The van der Waals surface area contributed by atoms with Gasteiger partial charge in [-0.3, -0.25) is 9.78 Å². The number of benzene rings is 1. The van der Waals surface area contributed by atoms with Gasteiger partial charge in [-0.2, -0.15) is 0 Å². The first-order chi connectivity index (χ1) is 12.8. The Balaban J connectivity index is 1.49. The van der Waals surface area contributed by atoms with E-state index in [4.69, 9.17) is 0 Å². The molecule has 1 amide bonds. The number of hydrogen-bond acceptors (Lipinski definition) is 3. The van der Waals surface area contributed by atoms with Crippen LogP contribution in [0.3, 0.4) is 0 Å². The lowest BCUT2D eigenvalue weighted by Crippen LogP contribution is -2.27. The van der Waals surface area contributed by atoms with E-state index in [9.17, 15) is 4.79 Å². The van der Waals surface area contributed by atoms with Crippen LogP contribution in [0.2, 0.25) is 0 Å². The van der Waals surface area contributed by atoms with Crippen molar-refractivity contribution in [1.29, 1.82) is 0 Å². The zero-order valence-corrected chi connectivity index (χ0v) is 14.2. The summed E-state index contributed by atoms with van der Waals surface area (Å²) in [5, 5.41) is 4.13. The summed E-state index contributed by atoms with van der Waals surface area (Å²) < 4.78 is 2.17. The van der Waals surface area contributed by atoms with Gasteiger partial charge in [-0.1, -0.05) is 24.3 Å². The summed E-state index contributed by atoms with van der Waals surface area (Å²) in [5.74, 6) is 0.786. The van der Waals surface area contributed by atoms with Crippen molar-refractivity contribution in [2.75, 3.05) is 6.54 Å². The number of rotatable bonds is 6. The SMILES string of the molecule is O=C(NCCn1cc(Cc2ncc[nH]2)c2ccccc21)c1ccccn1. The van der Waals surface area contributed by atoms with Crippen LogP contribution >= 0.6 is 0 Å². The topological polar surface area (TPSA) is 75.6 Å². The van der Waals surface area contributed by atoms with E-state index in [0.717, 1.165) is 17.8 Å². The van der Waals surface area contributed by atoms with E-state index in [1.165, 1.54) is 10.9 Å². The second-order valence-corrected chi connectivity index (χ2v) is 6.05. The van der Waals surface area contributed by atoms with Crippen molar-refractivity contribution in [3.05, 3.63) is 84.3 Å². The largest absolute Gasteiger partial charge is 0.349 e. The number of imidazole rings is 1. The monoisotopic (exact) mass is 345 g/mol. The fourth-order valence-electron chi connectivity index (χ4n) is 3.10. The van der Waals surface area contributed by atoms with Gasteiger partial charge in [-0.25, -0.2) is 4.98 Å². The van der Waals surface area contributed by atoms with Gasteiger partial charge in [0.05, 0.1) is 0 Å². The molecule has 4 rings (SSSR count). The smallest absolute Gasteiger partial charge is 0.269 e. The lowest BCUT2D eigenvalue weighted by Gasteiger charge is -2.07. The molecule has 6 nitrogen and oxygen atoms in total. The number of pyridine rings is 1. The predicted octanol–water partition coefficient (Wildman–Crippen LogP) is 2.78. The minimum Gasteiger partial charge on any atom is -0.349 e. The normalized spacial score (nSPS) is 10.9. The van der Waals surface area contributed by atoms with Crippen molar-refractivity contribution in [3.8, 4) is 0 Å². The fourth-order valence-corrected chi connectivity index (χ4v) is 3.10. The number of fused-ring (bicyclic) bond motifs is 1.